The number of benzene rings is 1. The molecule has 1 rings (SSSR count). The highest BCUT2D eigenvalue weighted by Gasteiger charge is 2.02. The molecule has 0 radical (unpaired) electrons. The molecular formula is C7H7ClN2O2. The second-order valence-corrected chi connectivity index (χ2v) is 2.56. The molecule has 0 aromatic heterocycles. The molecule has 1 aromatic carbocycles. The highest BCUT2D eigenvalue weighted by atomic mass is 35.5. The van der Waals surface area contributed by atoms with Crippen LogP contribution in [0.15, 0.2) is 23.4 Å². The lowest BCUT2D eigenvalue weighted by atomic mass is 10.2. The first kappa shape index (κ1) is 8.67. The molecule has 0 amide bonds. The van der Waals surface area contributed by atoms with Gasteiger partial charge in [-0.15, -0.1) is 0 Å². The number of phenols is 1. The quantitative estimate of drug-likeness (QED) is 0.266. The highest BCUT2D eigenvalue weighted by molar-refractivity contribution is 6.32. The van der Waals surface area contributed by atoms with Gasteiger partial charge >= 0.3 is 0 Å². The molecular weight excluding hydrogens is 180 g/mol. The summed E-state index contributed by atoms with van der Waals surface area (Å²) >= 11 is 5.57. The Morgan fingerprint density at radius 2 is 2.17 bits per heavy atom. The molecule has 0 atom stereocenters. The number of rotatable bonds is 1. The number of nitrogens with zero attached hydrogens (tertiary/aromatic N) is 1. The fraction of sp³-hybridized carbons (Fsp3) is 0. The van der Waals surface area contributed by atoms with Crippen molar-refractivity contribution in [3.8, 4) is 5.75 Å². The van der Waals surface area contributed by atoms with Crippen molar-refractivity contribution in [1.29, 1.82) is 0 Å². The smallest absolute Gasteiger partial charge is 0.170 e. The number of hydrogen-bond acceptors (Lipinski definition) is 3. The molecule has 0 heterocycles. The van der Waals surface area contributed by atoms with E-state index in [1.807, 2.05) is 0 Å². The minimum atomic E-state index is -0.0445. The van der Waals surface area contributed by atoms with Crippen LogP contribution in [-0.4, -0.2) is 16.1 Å². The van der Waals surface area contributed by atoms with Crippen molar-refractivity contribution < 1.29 is 10.3 Å². The van der Waals surface area contributed by atoms with Gasteiger partial charge in [-0.2, -0.15) is 0 Å². The predicted molar refractivity (Wildman–Crippen MR) is 45.6 cm³/mol. The number of halogens is 1. The van der Waals surface area contributed by atoms with Crippen molar-refractivity contribution in [2.45, 2.75) is 0 Å². The lowest BCUT2D eigenvalue weighted by molar-refractivity contribution is 0.318. The minimum absolute atomic E-state index is 0.0360. The Kier molecular flexibility index (Phi) is 2.40. The van der Waals surface area contributed by atoms with Gasteiger partial charge in [0, 0.05) is 5.56 Å². The van der Waals surface area contributed by atoms with Crippen LogP contribution in [0.1, 0.15) is 5.56 Å². The van der Waals surface area contributed by atoms with Crippen LogP contribution in [0.2, 0.25) is 5.02 Å². The van der Waals surface area contributed by atoms with Gasteiger partial charge in [0.2, 0.25) is 0 Å². The van der Waals surface area contributed by atoms with Crippen LogP contribution < -0.4 is 5.73 Å². The molecule has 1 aromatic rings. The van der Waals surface area contributed by atoms with Gasteiger partial charge in [-0.25, -0.2) is 0 Å². The van der Waals surface area contributed by atoms with Crippen LogP contribution in [0.4, 0.5) is 0 Å². The van der Waals surface area contributed by atoms with Gasteiger partial charge in [-0.05, 0) is 18.2 Å². The van der Waals surface area contributed by atoms with Crippen LogP contribution in [-0.2, 0) is 0 Å². The number of amidine groups is 1. The van der Waals surface area contributed by atoms with Crippen molar-refractivity contribution in [3.05, 3.63) is 28.8 Å². The summed E-state index contributed by atoms with van der Waals surface area (Å²) in [6.45, 7) is 0. The van der Waals surface area contributed by atoms with Gasteiger partial charge in [0.15, 0.2) is 5.84 Å². The summed E-state index contributed by atoms with van der Waals surface area (Å²) in [5.74, 6) is -0.0805. The van der Waals surface area contributed by atoms with Gasteiger partial charge in [-0.1, -0.05) is 16.8 Å². The third-order valence-corrected chi connectivity index (χ3v) is 1.65. The summed E-state index contributed by atoms with van der Waals surface area (Å²) in [4.78, 5) is 0. The van der Waals surface area contributed by atoms with Crippen molar-refractivity contribution in [2.75, 3.05) is 0 Å². The van der Waals surface area contributed by atoms with E-state index in [1.54, 1.807) is 0 Å². The zero-order valence-electron chi connectivity index (χ0n) is 6.03. The standard InChI is InChI=1S/C7H7ClN2O2/c8-5-3-4(7(9)10-12)1-2-6(5)11/h1-3,11-12H,(H2,9,10). The van der Waals surface area contributed by atoms with E-state index in [2.05, 4.69) is 5.16 Å². The molecule has 0 unspecified atom stereocenters. The van der Waals surface area contributed by atoms with Crippen LogP contribution in [0, 0.1) is 0 Å². The Morgan fingerprint density at radius 3 is 2.67 bits per heavy atom. The van der Waals surface area contributed by atoms with Crippen molar-refractivity contribution in [2.24, 2.45) is 10.9 Å². The maximum absolute atomic E-state index is 9.02. The van der Waals surface area contributed by atoms with E-state index >= 15 is 0 Å². The topological polar surface area (TPSA) is 78.8 Å². The van der Waals surface area contributed by atoms with Crippen LogP contribution >= 0.6 is 11.6 Å². The SMILES string of the molecule is N/C(=N/O)c1ccc(O)c(Cl)c1. The first-order chi connectivity index (χ1) is 5.65. The zero-order chi connectivity index (χ0) is 9.14. The largest absolute Gasteiger partial charge is 0.506 e. The molecule has 5 heteroatoms. The van der Waals surface area contributed by atoms with Crippen molar-refractivity contribution >= 4 is 17.4 Å². The summed E-state index contributed by atoms with van der Waals surface area (Å²) in [7, 11) is 0. The third kappa shape index (κ3) is 1.60. The average Bonchev–Trinajstić information content (AvgIpc) is 2.08. The number of oxime groups is 1. The molecule has 0 aliphatic rings. The molecule has 0 spiro atoms. The lowest BCUT2D eigenvalue weighted by Gasteiger charge is -2.00. The Labute approximate surface area is 73.9 Å². The van der Waals surface area contributed by atoms with Crippen molar-refractivity contribution in [1.82, 2.24) is 0 Å². The predicted octanol–water partition coefficient (Wildman–Crippen LogP) is 1.14. The second-order valence-electron chi connectivity index (χ2n) is 2.15. The average molecular weight is 187 g/mol. The highest BCUT2D eigenvalue weighted by Crippen LogP contribution is 2.23. The van der Waals surface area contributed by atoms with E-state index in [4.69, 9.17) is 27.6 Å². The number of phenolic OH excluding ortho intramolecular Hbond substituents is 1. The van der Waals surface area contributed by atoms with Gasteiger partial charge in [0.05, 0.1) is 5.02 Å². The molecule has 0 saturated carbocycles. The van der Waals surface area contributed by atoms with Crippen LogP contribution in [0.3, 0.4) is 0 Å². The fourth-order valence-electron chi connectivity index (χ4n) is 0.724. The molecule has 12 heavy (non-hydrogen) atoms. The summed E-state index contributed by atoms with van der Waals surface area (Å²) in [6, 6.07) is 4.28. The Bertz CT molecular complexity index is 325. The van der Waals surface area contributed by atoms with Crippen molar-refractivity contribution in [3.63, 3.8) is 0 Å². The summed E-state index contributed by atoms with van der Waals surface area (Å²) in [5.41, 5.74) is 5.73. The molecule has 0 aliphatic carbocycles. The van der Waals surface area contributed by atoms with E-state index in [-0.39, 0.29) is 16.6 Å². The maximum atomic E-state index is 9.02. The van der Waals surface area contributed by atoms with E-state index in [0.717, 1.165) is 0 Å². The first-order valence-electron chi connectivity index (χ1n) is 3.11. The first-order valence-corrected chi connectivity index (χ1v) is 3.49. The summed E-state index contributed by atoms with van der Waals surface area (Å²) in [6.07, 6.45) is 0. The molecule has 0 fully saturated rings. The normalized spacial score (nSPS) is 11.6. The van der Waals surface area contributed by atoms with E-state index in [1.165, 1.54) is 18.2 Å². The second kappa shape index (κ2) is 3.32. The van der Waals surface area contributed by atoms with Gasteiger partial charge in [-0.3, -0.25) is 0 Å². The minimum Gasteiger partial charge on any atom is -0.506 e. The maximum Gasteiger partial charge on any atom is 0.170 e. The number of aromatic hydroxyl groups is 1. The van der Waals surface area contributed by atoms with E-state index < -0.39 is 0 Å². The fourth-order valence-corrected chi connectivity index (χ4v) is 0.905. The van der Waals surface area contributed by atoms with Crippen LogP contribution in [0.25, 0.3) is 0 Å². The molecule has 4 N–H and O–H groups in total. The Balaban J connectivity index is 3.13. The monoisotopic (exact) mass is 186 g/mol. The van der Waals surface area contributed by atoms with Gasteiger partial charge in [0.25, 0.3) is 0 Å². The Morgan fingerprint density at radius 1 is 1.50 bits per heavy atom. The van der Waals surface area contributed by atoms with Gasteiger partial charge < -0.3 is 16.0 Å². The zero-order valence-corrected chi connectivity index (χ0v) is 6.78. The van der Waals surface area contributed by atoms with Crippen LogP contribution in [0.5, 0.6) is 5.75 Å². The third-order valence-electron chi connectivity index (χ3n) is 1.35. The molecule has 0 bridgehead atoms. The summed E-state index contributed by atoms with van der Waals surface area (Å²) in [5, 5.41) is 20.3. The summed E-state index contributed by atoms with van der Waals surface area (Å²) < 4.78 is 0. The number of nitrogens with two attached hydrogens (primary N) is 1. The van der Waals surface area contributed by atoms with E-state index in [0.29, 0.717) is 5.56 Å². The van der Waals surface area contributed by atoms with Gasteiger partial charge in [0.1, 0.15) is 5.75 Å². The molecule has 4 nitrogen and oxygen atoms in total. The molecule has 0 aliphatic heterocycles. The van der Waals surface area contributed by atoms with E-state index in [9.17, 15) is 0 Å². The number of hydrogen-bond donors (Lipinski definition) is 3. The molecule has 0 saturated heterocycles. The Hall–Kier alpha value is -1.42. The lowest BCUT2D eigenvalue weighted by Crippen LogP contribution is -2.12. The molecule has 64 valence electrons.